The molecule has 1 aromatic heterocycles. The molecule has 7 heteroatoms. The first-order valence-electron chi connectivity index (χ1n) is 7.72. The fraction of sp³-hybridized carbons (Fsp3) is 0.0526. The Labute approximate surface area is 160 Å². The Morgan fingerprint density at radius 3 is 2.54 bits per heavy atom. The number of rotatable bonds is 5. The molecule has 1 heterocycles. The van der Waals surface area contributed by atoms with Crippen LogP contribution in [0.2, 0.25) is 10.0 Å². The summed E-state index contributed by atoms with van der Waals surface area (Å²) in [5, 5.41) is 6.51. The second kappa shape index (κ2) is 8.17. The fourth-order valence-corrected chi connectivity index (χ4v) is 2.54. The van der Waals surface area contributed by atoms with Crippen molar-refractivity contribution in [1.82, 2.24) is 4.98 Å². The zero-order valence-electron chi connectivity index (χ0n) is 13.5. The number of anilines is 2. The van der Waals surface area contributed by atoms with Gasteiger partial charge in [-0.3, -0.25) is 4.79 Å². The van der Waals surface area contributed by atoms with Gasteiger partial charge in [0, 0.05) is 24.0 Å². The molecule has 0 radical (unpaired) electrons. The molecule has 0 aliphatic carbocycles. The van der Waals surface area contributed by atoms with E-state index in [1.165, 1.54) is 12.3 Å². The average molecular weight is 390 g/mol. The van der Waals surface area contributed by atoms with E-state index in [9.17, 15) is 9.18 Å². The van der Waals surface area contributed by atoms with Gasteiger partial charge in [0.05, 0.1) is 15.6 Å². The molecule has 3 aromatic rings. The highest BCUT2D eigenvalue weighted by atomic mass is 35.5. The molecule has 0 atom stereocenters. The number of carbonyl (C=O) groups excluding carboxylic acids is 1. The van der Waals surface area contributed by atoms with Gasteiger partial charge in [-0.25, -0.2) is 9.37 Å². The van der Waals surface area contributed by atoms with Gasteiger partial charge in [-0.15, -0.1) is 0 Å². The number of benzene rings is 2. The third kappa shape index (κ3) is 4.50. The number of hydrogen-bond donors (Lipinski definition) is 2. The van der Waals surface area contributed by atoms with Gasteiger partial charge in [0.1, 0.15) is 11.6 Å². The van der Waals surface area contributed by atoms with E-state index >= 15 is 0 Å². The number of aromatic nitrogens is 1. The van der Waals surface area contributed by atoms with E-state index in [1.807, 2.05) is 0 Å². The Morgan fingerprint density at radius 1 is 1.04 bits per heavy atom. The minimum absolute atomic E-state index is 0.280. The van der Waals surface area contributed by atoms with Crippen LogP contribution >= 0.6 is 23.2 Å². The van der Waals surface area contributed by atoms with E-state index in [-0.39, 0.29) is 11.7 Å². The molecule has 132 valence electrons. The number of nitrogens with zero attached hydrogens (tertiary/aromatic N) is 1. The Bertz CT molecular complexity index is 932. The minimum Gasteiger partial charge on any atom is -0.366 e. The van der Waals surface area contributed by atoms with E-state index in [1.54, 1.807) is 48.5 Å². The van der Waals surface area contributed by atoms with Crippen molar-refractivity contribution in [2.75, 3.05) is 10.6 Å². The Hall–Kier alpha value is -2.63. The fourth-order valence-electron chi connectivity index (χ4n) is 2.24. The molecule has 0 aliphatic heterocycles. The molecule has 0 unspecified atom stereocenters. The number of amides is 1. The maximum atomic E-state index is 13.6. The maximum absolute atomic E-state index is 13.6. The lowest BCUT2D eigenvalue weighted by Crippen LogP contribution is -2.12. The normalized spacial score (nSPS) is 10.4. The van der Waals surface area contributed by atoms with Crippen LogP contribution in [-0.2, 0) is 6.54 Å². The second-order valence-corrected chi connectivity index (χ2v) is 6.27. The standard InChI is InChI=1S/C19H14Cl2FN3O/c20-15-7-6-14(9-16(15)21)25-19(26)13-5-8-18(24-11-13)23-10-12-3-1-2-4-17(12)22/h1-9,11H,10H2,(H,23,24)(H,25,26). The molecule has 0 fully saturated rings. The summed E-state index contributed by atoms with van der Waals surface area (Å²) < 4.78 is 13.6. The van der Waals surface area contributed by atoms with Crippen molar-refractivity contribution in [3.63, 3.8) is 0 Å². The molecule has 4 nitrogen and oxygen atoms in total. The summed E-state index contributed by atoms with van der Waals surface area (Å²) in [6, 6.07) is 14.6. The Morgan fingerprint density at radius 2 is 1.85 bits per heavy atom. The van der Waals surface area contributed by atoms with Gasteiger partial charge in [0.2, 0.25) is 0 Å². The molecule has 26 heavy (non-hydrogen) atoms. The lowest BCUT2D eigenvalue weighted by Gasteiger charge is -2.08. The summed E-state index contributed by atoms with van der Waals surface area (Å²) in [7, 11) is 0. The van der Waals surface area contributed by atoms with Crippen LogP contribution in [0.4, 0.5) is 15.9 Å². The lowest BCUT2D eigenvalue weighted by atomic mass is 10.2. The largest absolute Gasteiger partial charge is 0.366 e. The lowest BCUT2D eigenvalue weighted by molar-refractivity contribution is 0.102. The van der Waals surface area contributed by atoms with Crippen molar-refractivity contribution in [2.45, 2.75) is 6.54 Å². The number of pyridine rings is 1. The summed E-state index contributed by atoms with van der Waals surface area (Å²) in [6.45, 7) is 0.300. The first-order valence-corrected chi connectivity index (χ1v) is 8.48. The molecule has 0 aliphatic rings. The molecular weight excluding hydrogens is 376 g/mol. The first kappa shape index (κ1) is 18.2. The van der Waals surface area contributed by atoms with Gasteiger partial charge in [-0.05, 0) is 36.4 Å². The summed E-state index contributed by atoms with van der Waals surface area (Å²) in [5.74, 6) is -0.0616. The van der Waals surface area contributed by atoms with Crippen LogP contribution in [0.15, 0.2) is 60.8 Å². The zero-order valence-corrected chi connectivity index (χ0v) is 15.0. The highest BCUT2D eigenvalue weighted by molar-refractivity contribution is 6.42. The van der Waals surface area contributed by atoms with Crippen LogP contribution in [0.25, 0.3) is 0 Å². The number of carbonyl (C=O) groups is 1. The zero-order chi connectivity index (χ0) is 18.5. The summed E-state index contributed by atoms with van der Waals surface area (Å²) in [6.07, 6.45) is 1.44. The maximum Gasteiger partial charge on any atom is 0.257 e. The SMILES string of the molecule is O=C(Nc1ccc(Cl)c(Cl)c1)c1ccc(NCc2ccccc2F)nc1. The van der Waals surface area contributed by atoms with Crippen molar-refractivity contribution in [3.8, 4) is 0 Å². The van der Waals surface area contributed by atoms with Crippen molar-refractivity contribution in [1.29, 1.82) is 0 Å². The Kier molecular flexibility index (Phi) is 5.71. The molecule has 1 amide bonds. The first-order chi connectivity index (χ1) is 12.5. The van der Waals surface area contributed by atoms with E-state index in [0.717, 1.165) is 0 Å². The van der Waals surface area contributed by atoms with E-state index in [0.29, 0.717) is 39.2 Å². The molecule has 2 aromatic carbocycles. The summed E-state index contributed by atoms with van der Waals surface area (Å²) in [5.41, 5.74) is 1.45. The topological polar surface area (TPSA) is 54.0 Å². The number of hydrogen-bond acceptors (Lipinski definition) is 3. The quantitative estimate of drug-likeness (QED) is 0.614. The molecule has 0 saturated heterocycles. The summed E-state index contributed by atoms with van der Waals surface area (Å²) in [4.78, 5) is 16.4. The number of nitrogens with one attached hydrogen (secondary N) is 2. The van der Waals surface area contributed by atoms with Crippen LogP contribution in [-0.4, -0.2) is 10.9 Å². The molecule has 0 bridgehead atoms. The van der Waals surface area contributed by atoms with Gasteiger partial charge in [0.25, 0.3) is 5.91 Å². The average Bonchev–Trinajstić information content (AvgIpc) is 2.64. The molecule has 2 N–H and O–H groups in total. The third-order valence-electron chi connectivity index (χ3n) is 3.62. The van der Waals surface area contributed by atoms with E-state index in [2.05, 4.69) is 15.6 Å². The van der Waals surface area contributed by atoms with Crippen LogP contribution < -0.4 is 10.6 Å². The third-order valence-corrected chi connectivity index (χ3v) is 4.36. The summed E-state index contributed by atoms with van der Waals surface area (Å²) >= 11 is 11.8. The van der Waals surface area contributed by atoms with Crippen LogP contribution in [0, 0.1) is 5.82 Å². The van der Waals surface area contributed by atoms with Crippen LogP contribution in [0.1, 0.15) is 15.9 Å². The van der Waals surface area contributed by atoms with Gasteiger partial charge >= 0.3 is 0 Å². The van der Waals surface area contributed by atoms with Gasteiger partial charge in [0.15, 0.2) is 0 Å². The van der Waals surface area contributed by atoms with E-state index < -0.39 is 0 Å². The van der Waals surface area contributed by atoms with Crippen molar-refractivity contribution < 1.29 is 9.18 Å². The van der Waals surface area contributed by atoms with Gasteiger partial charge in [-0.1, -0.05) is 41.4 Å². The van der Waals surface area contributed by atoms with Crippen LogP contribution in [0.3, 0.4) is 0 Å². The highest BCUT2D eigenvalue weighted by Gasteiger charge is 2.08. The molecule has 3 rings (SSSR count). The predicted octanol–water partition coefficient (Wildman–Crippen LogP) is 5.39. The van der Waals surface area contributed by atoms with E-state index in [4.69, 9.17) is 23.2 Å². The smallest absolute Gasteiger partial charge is 0.257 e. The van der Waals surface area contributed by atoms with Crippen molar-refractivity contribution in [3.05, 3.63) is 87.8 Å². The monoisotopic (exact) mass is 389 g/mol. The second-order valence-electron chi connectivity index (χ2n) is 5.46. The number of halogens is 3. The Balaban J connectivity index is 1.62. The van der Waals surface area contributed by atoms with Crippen molar-refractivity contribution >= 4 is 40.6 Å². The predicted molar refractivity (Wildman–Crippen MR) is 102 cm³/mol. The molecule has 0 spiro atoms. The molecular formula is C19H14Cl2FN3O. The highest BCUT2D eigenvalue weighted by Crippen LogP contribution is 2.25. The van der Waals surface area contributed by atoms with Crippen molar-refractivity contribution in [2.24, 2.45) is 0 Å². The van der Waals surface area contributed by atoms with Crippen LogP contribution in [0.5, 0.6) is 0 Å². The van der Waals surface area contributed by atoms with Gasteiger partial charge < -0.3 is 10.6 Å². The minimum atomic E-state index is -0.323. The molecule has 0 saturated carbocycles. The van der Waals surface area contributed by atoms with Gasteiger partial charge in [-0.2, -0.15) is 0 Å².